The molecule has 108 valence electrons. The van der Waals surface area contributed by atoms with E-state index in [2.05, 4.69) is 16.4 Å². The van der Waals surface area contributed by atoms with Gasteiger partial charge >= 0.3 is 0 Å². The van der Waals surface area contributed by atoms with E-state index in [1.54, 1.807) is 24.3 Å². The van der Waals surface area contributed by atoms with E-state index >= 15 is 0 Å². The van der Waals surface area contributed by atoms with Gasteiger partial charge < -0.3 is 10.3 Å². The van der Waals surface area contributed by atoms with Crippen molar-refractivity contribution in [1.29, 1.82) is 5.26 Å². The Kier molecular flexibility index (Phi) is 3.40. The van der Waals surface area contributed by atoms with Crippen LogP contribution in [0.5, 0.6) is 0 Å². The van der Waals surface area contributed by atoms with Crippen LogP contribution in [0.4, 0.5) is 5.69 Å². The van der Waals surface area contributed by atoms with E-state index in [4.69, 9.17) is 5.26 Å². The molecule has 1 heterocycles. The molecule has 0 aliphatic carbocycles. The number of para-hydroxylation sites is 1. The Labute approximate surface area is 128 Å². The molecular formula is C18H15N3O. The van der Waals surface area contributed by atoms with Crippen molar-refractivity contribution in [3.8, 4) is 6.07 Å². The second-order valence-electron chi connectivity index (χ2n) is 5.27. The molecule has 0 atom stereocenters. The molecule has 4 nitrogen and oxygen atoms in total. The van der Waals surface area contributed by atoms with E-state index in [0.717, 1.165) is 22.2 Å². The third-order valence-corrected chi connectivity index (χ3v) is 3.73. The number of hydrogen-bond acceptors (Lipinski definition) is 2. The summed E-state index contributed by atoms with van der Waals surface area (Å²) >= 11 is 0. The lowest BCUT2D eigenvalue weighted by Crippen LogP contribution is -2.12. The molecule has 22 heavy (non-hydrogen) atoms. The maximum Gasteiger partial charge on any atom is 0.258 e. The number of benzene rings is 2. The number of carbonyl (C=O) groups excluding carboxylic acids is 1. The molecule has 0 saturated heterocycles. The van der Waals surface area contributed by atoms with Crippen LogP contribution in [0.2, 0.25) is 0 Å². The number of aromatic nitrogens is 1. The van der Waals surface area contributed by atoms with Gasteiger partial charge in [0, 0.05) is 22.3 Å². The number of nitriles is 1. The van der Waals surface area contributed by atoms with Crippen molar-refractivity contribution in [2.45, 2.75) is 13.8 Å². The Morgan fingerprint density at radius 3 is 2.55 bits per heavy atom. The number of fused-ring (bicyclic) bond motifs is 1. The van der Waals surface area contributed by atoms with Crippen molar-refractivity contribution in [2.24, 2.45) is 0 Å². The van der Waals surface area contributed by atoms with E-state index in [9.17, 15) is 4.79 Å². The minimum absolute atomic E-state index is 0.154. The average molecular weight is 289 g/mol. The predicted octanol–water partition coefficient (Wildman–Crippen LogP) is 3.91. The van der Waals surface area contributed by atoms with Crippen LogP contribution in [0, 0.1) is 25.2 Å². The molecule has 0 aliphatic rings. The topological polar surface area (TPSA) is 68.7 Å². The second-order valence-corrected chi connectivity index (χ2v) is 5.27. The number of anilines is 1. The maximum absolute atomic E-state index is 12.6. The monoisotopic (exact) mass is 289 g/mol. The summed E-state index contributed by atoms with van der Waals surface area (Å²) in [6, 6.07) is 14.8. The van der Waals surface area contributed by atoms with Gasteiger partial charge in [-0.05, 0) is 43.7 Å². The minimum Gasteiger partial charge on any atom is -0.358 e. The van der Waals surface area contributed by atoms with Gasteiger partial charge in [0.15, 0.2) is 0 Å². The van der Waals surface area contributed by atoms with Crippen molar-refractivity contribution < 1.29 is 4.79 Å². The maximum atomic E-state index is 12.6. The van der Waals surface area contributed by atoms with Crippen molar-refractivity contribution in [1.82, 2.24) is 4.98 Å². The van der Waals surface area contributed by atoms with Crippen LogP contribution in [0.3, 0.4) is 0 Å². The number of nitrogens with zero attached hydrogens (tertiary/aromatic N) is 1. The van der Waals surface area contributed by atoms with E-state index in [1.807, 2.05) is 32.0 Å². The third kappa shape index (κ3) is 2.33. The number of aromatic amines is 1. The summed E-state index contributed by atoms with van der Waals surface area (Å²) in [5.74, 6) is -0.154. The highest BCUT2D eigenvalue weighted by atomic mass is 16.1. The molecule has 0 spiro atoms. The number of hydrogen-bond donors (Lipinski definition) is 2. The summed E-state index contributed by atoms with van der Waals surface area (Å²) in [5.41, 5.74) is 4.84. The molecule has 1 amide bonds. The fourth-order valence-electron chi connectivity index (χ4n) is 2.61. The quantitative estimate of drug-likeness (QED) is 0.751. The van der Waals surface area contributed by atoms with E-state index in [-0.39, 0.29) is 5.91 Å². The molecule has 0 unspecified atom stereocenters. The second kappa shape index (κ2) is 5.38. The number of aryl methyl sites for hydroxylation is 2. The fourth-order valence-corrected chi connectivity index (χ4v) is 2.61. The van der Waals surface area contributed by atoms with E-state index in [1.165, 1.54) is 0 Å². The summed E-state index contributed by atoms with van der Waals surface area (Å²) in [6.07, 6.45) is 0. The van der Waals surface area contributed by atoms with Crippen LogP contribution >= 0.6 is 0 Å². The van der Waals surface area contributed by atoms with Crippen molar-refractivity contribution >= 4 is 22.5 Å². The molecule has 3 aromatic rings. The molecule has 0 bridgehead atoms. The number of rotatable bonds is 2. The van der Waals surface area contributed by atoms with Crippen molar-refractivity contribution in [2.75, 3.05) is 5.32 Å². The van der Waals surface area contributed by atoms with Crippen LogP contribution in [-0.2, 0) is 0 Å². The summed E-state index contributed by atoms with van der Waals surface area (Å²) < 4.78 is 0. The van der Waals surface area contributed by atoms with Gasteiger partial charge in [0.1, 0.15) is 0 Å². The average Bonchev–Trinajstić information content (AvgIpc) is 2.86. The lowest BCUT2D eigenvalue weighted by molar-refractivity contribution is 0.102. The van der Waals surface area contributed by atoms with Gasteiger partial charge in [-0.1, -0.05) is 18.2 Å². The molecule has 0 aliphatic heterocycles. The van der Waals surface area contributed by atoms with Crippen molar-refractivity contribution in [3.63, 3.8) is 0 Å². The molecule has 0 saturated carbocycles. The molecule has 2 aromatic carbocycles. The van der Waals surface area contributed by atoms with Gasteiger partial charge in [0.25, 0.3) is 5.91 Å². The number of H-pyrrole nitrogens is 1. The highest BCUT2D eigenvalue weighted by molar-refractivity contribution is 6.14. The summed E-state index contributed by atoms with van der Waals surface area (Å²) in [4.78, 5) is 15.9. The van der Waals surface area contributed by atoms with E-state index in [0.29, 0.717) is 16.8 Å². The Bertz CT molecular complexity index is 898. The third-order valence-electron chi connectivity index (χ3n) is 3.73. The molecule has 3 rings (SSSR count). The zero-order chi connectivity index (χ0) is 15.7. The zero-order valence-corrected chi connectivity index (χ0v) is 12.4. The zero-order valence-electron chi connectivity index (χ0n) is 12.4. The smallest absolute Gasteiger partial charge is 0.258 e. The Balaban J connectivity index is 1.97. The first-order valence-corrected chi connectivity index (χ1v) is 6.99. The molecular weight excluding hydrogens is 274 g/mol. The summed E-state index contributed by atoms with van der Waals surface area (Å²) in [6.45, 7) is 3.91. The van der Waals surface area contributed by atoms with E-state index < -0.39 is 0 Å². The highest BCUT2D eigenvalue weighted by Crippen LogP contribution is 2.25. The van der Waals surface area contributed by atoms with Crippen LogP contribution < -0.4 is 5.32 Å². The van der Waals surface area contributed by atoms with Gasteiger partial charge in [0.05, 0.1) is 17.2 Å². The fraction of sp³-hybridized carbons (Fsp3) is 0.111. The standard InChI is InChI=1S/C18H15N3O/c1-11-4-3-5-15-16(12(2)20-17(11)15)18(22)21-14-8-6-13(10-19)7-9-14/h3-9,20H,1-2H3,(H,21,22). The van der Waals surface area contributed by atoms with Crippen LogP contribution in [0.25, 0.3) is 10.9 Å². The van der Waals surface area contributed by atoms with Crippen LogP contribution in [0.1, 0.15) is 27.2 Å². The molecule has 0 radical (unpaired) electrons. The summed E-state index contributed by atoms with van der Waals surface area (Å²) in [5, 5.41) is 12.6. The highest BCUT2D eigenvalue weighted by Gasteiger charge is 2.16. The number of amides is 1. The lowest BCUT2D eigenvalue weighted by atomic mass is 10.1. The number of carbonyl (C=O) groups is 1. The first kappa shape index (κ1) is 13.9. The number of nitrogens with one attached hydrogen (secondary N) is 2. The predicted molar refractivity (Wildman–Crippen MR) is 86.9 cm³/mol. The molecule has 2 N–H and O–H groups in total. The Hall–Kier alpha value is -3.06. The SMILES string of the molecule is Cc1[nH]c2c(C)cccc2c1C(=O)Nc1ccc(C#N)cc1. The first-order valence-electron chi connectivity index (χ1n) is 6.99. The van der Waals surface area contributed by atoms with Crippen LogP contribution in [0.15, 0.2) is 42.5 Å². The van der Waals surface area contributed by atoms with Gasteiger partial charge in [-0.25, -0.2) is 0 Å². The molecule has 1 aromatic heterocycles. The van der Waals surface area contributed by atoms with Crippen molar-refractivity contribution in [3.05, 3.63) is 64.8 Å². The van der Waals surface area contributed by atoms with Gasteiger partial charge in [-0.2, -0.15) is 5.26 Å². The Morgan fingerprint density at radius 2 is 1.86 bits per heavy atom. The largest absolute Gasteiger partial charge is 0.358 e. The van der Waals surface area contributed by atoms with Gasteiger partial charge in [0.2, 0.25) is 0 Å². The lowest BCUT2D eigenvalue weighted by Gasteiger charge is -2.05. The Morgan fingerprint density at radius 1 is 1.14 bits per heavy atom. The normalized spacial score (nSPS) is 10.4. The summed E-state index contributed by atoms with van der Waals surface area (Å²) in [7, 11) is 0. The first-order chi connectivity index (χ1) is 10.6. The van der Waals surface area contributed by atoms with Gasteiger partial charge in [-0.3, -0.25) is 4.79 Å². The molecule has 4 heteroatoms. The van der Waals surface area contributed by atoms with Crippen LogP contribution in [-0.4, -0.2) is 10.9 Å². The molecule has 0 fully saturated rings. The minimum atomic E-state index is -0.154. The van der Waals surface area contributed by atoms with Gasteiger partial charge in [-0.15, -0.1) is 0 Å².